The van der Waals surface area contributed by atoms with Crippen LogP contribution < -0.4 is 19.5 Å². The Morgan fingerprint density at radius 2 is 1.62 bits per heavy atom. The highest BCUT2D eigenvalue weighted by Gasteiger charge is 2.17. The largest absolute Gasteiger partial charge is 0.493 e. The standard InChI is InChI=1S/C19H23NO4/c1-12-7-6-8-13(2)18(12)24-14(3)19(21)20-15-9-10-16(22-4)17(11-15)23-5/h6-11,14H,1-5H3,(H,20,21)/t14-/m0/s1. The lowest BCUT2D eigenvalue weighted by molar-refractivity contribution is -0.122. The molecule has 2 aromatic carbocycles. The molecular weight excluding hydrogens is 306 g/mol. The molecule has 5 heteroatoms. The molecular formula is C19H23NO4. The fraction of sp³-hybridized carbons (Fsp3) is 0.316. The Bertz CT molecular complexity index is 707. The maximum atomic E-state index is 12.4. The van der Waals surface area contributed by atoms with Gasteiger partial charge in [-0.25, -0.2) is 0 Å². The quantitative estimate of drug-likeness (QED) is 0.877. The molecule has 5 nitrogen and oxygen atoms in total. The monoisotopic (exact) mass is 329 g/mol. The second kappa shape index (κ2) is 7.73. The molecule has 0 unspecified atom stereocenters. The smallest absolute Gasteiger partial charge is 0.265 e. The van der Waals surface area contributed by atoms with Crippen LogP contribution in [0, 0.1) is 13.8 Å². The van der Waals surface area contributed by atoms with Gasteiger partial charge >= 0.3 is 0 Å². The van der Waals surface area contributed by atoms with E-state index in [2.05, 4.69) is 5.32 Å². The van der Waals surface area contributed by atoms with Crippen LogP contribution in [0.1, 0.15) is 18.1 Å². The maximum absolute atomic E-state index is 12.4. The molecule has 0 radical (unpaired) electrons. The lowest BCUT2D eigenvalue weighted by Crippen LogP contribution is -2.30. The van der Waals surface area contributed by atoms with Gasteiger partial charge in [-0.15, -0.1) is 0 Å². The van der Waals surface area contributed by atoms with Gasteiger partial charge in [0.25, 0.3) is 5.91 Å². The zero-order valence-corrected chi connectivity index (χ0v) is 14.7. The summed E-state index contributed by atoms with van der Waals surface area (Å²) < 4.78 is 16.3. The third-order valence-electron chi connectivity index (χ3n) is 3.72. The molecule has 0 heterocycles. The van der Waals surface area contributed by atoms with Gasteiger partial charge in [-0.3, -0.25) is 4.79 Å². The lowest BCUT2D eigenvalue weighted by Gasteiger charge is -2.18. The number of rotatable bonds is 6. The number of nitrogens with one attached hydrogen (secondary N) is 1. The van der Waals surface area contributed by atoms with Crippen LogP contribution >= 0.6 is 0 Å². The number of amides is 1. The topological polar surface area (TPSA) is 56.8 Å². The van der Waals surface area contributed by atoms with Crippen molar-refractivity contribution in [2.24, 2.45) is 0 Å². The van der Waals surface area contributed by atoms with Gasteiger partial charge in [-0.05, 0) is 44.0 Å². The number of hydrogen-bond donors (Lipinski definition) is 1. The second-order valence-electron chi connectivity index (χ2n) is 5.54. The summed E-state index contributed by atoms with van der Waals surface area (Å²) in [6.07, 6.45) is -0.627. The normalized spacial score (nSPS) is 11.5. The molecule has 1 amide bonds. The van der Waals surface area contributed by atoms with E-state index in [1.165, 1.54) is 0 Å². The van der Waals surface area contributed by atoms with Crippen molar-refractivity contribution in [3.8, 4) is 17.2 Å². The fourth-order valence-electron chi connectivity index (χ4n) is 2.37. The number of aryl methyl sites for hydroxylation is 2. The van der Waals surface area contributed by atoms with Gasteiger partial charge in [0, 0.05) is 11.8 Å². The average molecular weight is 329 g/mol. The highest BCUT2D eigenvalue weighted by Crippen LogP contribution is 2.30. The van der Waals surface area contributed by atoms with Crippen LogP contribution in [0.25, 0.3) is 0 Å². The zero-order valence-electron chi connectivity index (χ0n) is 14.7. The Balaban J connectivity index is 2.09. The first-order chi connectivity index (χ1) is 11.5. The molecule has 24 heavy (non-hydrogen) atoms. The molecule has 2 aromatic rings. The number of hydrogen-bond acceptors (Lipinski definition) is 4. The number of carbonyl (C=O) groups is 1. The molecule has 0 saturated carbocycles. The highest BCUT2D eigenvalue weighted by molar-refractivity contribution is 5.94. The van der Waals surface area contributed by atoms with Crippen LogP contribution in [-0.4, -0.2) is 26.2 Å². The first-order valence-corrected chi connectivity index (χ1v) is 7.72. The second-order valence-corrected chi connectivity index (χ2v) is 5.54. The van der Waals surface area contributed by atoms with Gasteiger partial charge in [0.15, 0.2) is 17.6 Å². The predicted octanol–water partition coefficient (Wildman–Crippen LogP) is 3.73. The van der Waals surface area contributed by atoms with Gasteiger partial charge in [0.1, 0.15) is 5.75 Å². The Morgan fingerprint density at radius 1 is 1.00 bits per heavy atom. The van der Waals surface area contributed by atoms with Crippen LogP contribution in [0.2, 0.25) is 0 Å². The van der Waals surface area contributed by atoms with Crippen LogP contribution in [0.5, 0.6) is 17.2 Å². The van der Waals surface area contributed by atoms with Crippen molar-refractivity contribution in [1.82, 2.24) is 0 Å². The molecule has 0 spiro atoms. The van der Waals surface area contributed by atoms with E-state index >= 15 is 0 Å². The predicted molar refractivity (Wildman–Crippen MR) is 94.2 cm³/mol. The van der Waals surface area contributed by atoms with E-state index in [1.807, 2.05) is 32.0 Å². The minimum Gasteiger partial charge on any atom is -0.493 e. The first-order valence-electron chi connectivity index (χ1n) is 7.72. The average Bonchev–Trinajstić information content (AvgIpc) is 2.57. The summed E-state index contributed by atoms with van der Waals surface area (Å²) in [5, 5.41) is 2.83. The summed E-state index contributed by atoms with van der Waals surface area (Å²) in [4.78, 5) is 12.4. The van der Waals surface area contributed by atoms with Crippen molar-refractivity contribution >= 4 is 11.6 Å². The van der Waals surface area contributed by atoms with Crippen molar-refractivity contribution in [3.63, 3.8) is 0 Å². The summed E-state index contributed by atoms with van der Waals surface area (Å²) in [5.74, 6) is 1.67. The number of benzene rings is 2. The third kappa shape index (κ3) is 3.98. The van der Waals surface area contributed by atoms with Gasteiger partial charge in [0.2, 0.25) is 0 Å². The molecule has 1 atom stereocenters. The maximum Gasteiger partial charge on any atom is 0.265 e. The molecule has 0 aliphatic rings. The molecule has 0 bridgehead atoms. The molecule has 0 fully saturated rings. The highest BCUT2D eigenvalue weighted by atomic mass is 16.5. The number of methoxy groups -OCH3 is 2. The van der Waals surface area contributed by atoms with E-state index < -0.39 is 6.10 Å². The number of anilines is 1. The molecule has 0 aromatic heterocycles. The van der Waals surface area contributed by atoms with Crippen molar-refractivity contribution in [2.45, 2.75) is 26.9 Å². The van der Waals surface area contributed by atoms with Crippen molar-refractivity contribution in [2.75, 3.05) is 19.5 Å². The number of ether oxygens (including phenoxy) is 3. The van der Waals surface area contributed by atoms with Gasteiger partial charge in [0.05, 0.1) is 14.2 Å². The molecule has 1 N–H and O–H groups in total. The summed E-state index contributed by atoms with van der Waals surface area (Å²) >= 11 is 0. The van der Waals surface area contributed by atoms with Gasteiger partial charge in [-0.2, -0.15) is 0 Å². The summed E-state index contributed by atoms with van der Waals surface area (Å²) in [6.45, 7) is 5.64. The third-order valence-corrected chi connectivity index (χ3v) is 3.72. The van der Waals surface area contributed by atoms with E-state index in [9.17, 15) is 4.79 Å². The molecule has 0 saturated heterocycles. The van der Waals surface area contributed by atoms with Gasteiger partial charge in [-0.1, -0.05) is 18.2 Å². The molecule has 0 aliphatic carbocycles. The minimum atomic E-state index is -0.627. The van der Waals surface area contributed by atoms with E-state index in [-0.39, 0.29) is 5.91 Å². The van der Waals surface area contributed by atoms with Gasteiger partial charge < -0.3 is 19.5 Å². The number of para-hydroxylation sites is 1. The SMILES string of the molecule is COc1ccc(NC(=O)[C@H](C)Oc2c(C)cccc2C)cc1OC. The molecule has 0 aliphatic heterocycles. The van der Waals surface area contributed by atoms with Crippen LogP contribution in [0.4, 0.5) is 5.69 Å². The zero-order chi connectivity index (χ0) is 17.7. The van der Waals surface area contributed by atoms with Crippen molar-refractivity contribution < 1.29 is 19.0 Å². The van der Waals surface area contributed by atoms with Crippen LogP contribution in [-0.2, 0) is 4.79 Å². The summed E-state index contributed by atoms with van der Waals surface area (Å²) in [5.41, 5.74) is 2.62. The van der Waals surface area contributed by atoms with Crippen molar-refractivity contribution in [1.29, 1.82) is 0 Å². The fourth-order valence-corrected chi connectivity index (χ4v) is 2.37. The van der Waals surface area contributed by atoms with E-state index in [0.717, 1.165) is 16.9 Å². The Kier molecular flexibility index (Phi) is 5.68. The Labute approximate surface area is 142 Å². The van der Waals surface area contributed by atoms with E-state index in [1.54, 1.807) is 39.3 Å². The number of carbonyl (C=O) groups excluding carboxylic acids is 1. The van der Waals surface area contributed by atoms with E-state index in [4.69, 9.17) is 14.2 Å². The first kappa shape index (κ1) is 17.7. The van der Waals surface area contributed by atoms with E-state index in [0.29, 0.717) is 17.2 Å². The molecule has 128 valence electrons. The summed E-state index contributed by atoms with van der Waals surface area (Å²) in [6, 6.07) is 11.1. The summed E-state index contributed by atoms with van der Waals surface area (Å²) in [7, 11) is 3.12. The minimum absolute atomic E-state index is 0.232. The Hall–Kier alpha value is -2.69. The van der Waals surface area contributed by atoms with Crippen LogP contribution in [0.15, 0.2) is 36.4 Å². The Morgan fingerprint density at radius 3 is 2.21 bits per heavy atom. The van der Waals surface area contributed by atoms with Crippen LogP contribution in [0.3, 0.4) is 0 Å². The lowest BCUT2D eigenvalue weighted by atomic mass is 10.1. The van der Waals surface area contributed by atoms with Crippen molar-refractivity contribution in [3.05, 3.63) is 47.5 Å². The molecule has 2 rings (SSSR count).